The van der Waals surface area contributed by atoms with Crippen molar-refractivity contribution in [2.75, 3.05) is 19.6 Å². The molecule has 0 saturated heterocycles. The first-order valence-corrected chi connectivity index (χ1v) is 10.3. The minimum absolute atomic E-state index is 1.11. The molecule has 0 unspecified atom stereocenters. The summed E-state index contributed by atoms with van der Waals surface area (Å²) in [6, 6.07) is 0. The summed E-state index contributed by atoms with van der Waals surface area (Å²) < 4.78 is 0. The molecule has 1 heteroatoms. The summed E-state index contributed by atoms with van der Waals surface area (Å²) in [5, 5.41) is 0. The molecule has 0 aliphatic carbocycles. The SMILES string of the molecule is C=CCCN(CCC=C)CCCCCCCCCCCCCC. The number of rotatable bonds is 19. The highest BCUT2D eigenvalue weighted by Gasteiger charge is 2.02. The maximum absolute atomic E-state index is 3.83. The fourth-order valence-electron chi connectivity index (χ4n) is 3.06. The first-order valence-electron chi connectivity index (χ1n) is 10.3. The van der Waals surface area contributed by atoms with Crippen molar-refractivity contribution in [1.29, 1.82) is 0 Å². The van der Waals surface area contributed by atoms with E-state index in [1.807, 2.05) is 12.2 Å². The normalized spacial score (nSPS) is 11.0. The van der Waals surface area contributed by atoms with E-state index in [1.54, 1.807) is 0 Å². The Kier molecular flexibility index (Phi) is 19.0. The number of nitrogens with zero attached hydrogens (tertiary/aromatic N) is 1. The van der Waals surface area contributed by atoms with Gasteiger partial charge in [0, 0.05) is 13.1 Å². The number of hydrogen-bond acceptors (Lipinski definition) is 1. The second-order valence-electron chi connectivity index (χ2n) is 6.89. The Hall–Kier alpha value is -0.560. The lowest BCUT2D eigenvalue weighted by atomic mass is 10.1. The number of hydrogen-bond donors (Lipinski definition) is 0. The average molecular weight is 322 g/mol. The van der Waals surface area contributed by atoms with Crippen LogP contribution >= 0.6 is 0 Å². The van der Waals surface area contributed by atoms with Crippen LogP contribution in [0.5, 0.6) is 0 Å². The van der Waals surface area contributed by atoms with Crippen LogP contribution in [-0.4, -0.2) is 24.5 Å². The van der Waals surface area contributed by atoms with Crippen LogP contribution in [0, 0.1) is 0 Å². The van der Waals surface area contributed by atoms with E-state index in [9.17, 15) is 0 Å². The van der Waals surface area contributed by atoms with E-state index in [1.165, 1.54) is 83.6 Å². The Balaban J connectivity index is 3.34. The average Bonchev–Trinajstić information content (AvgIpc) is 2.57. The Morgan fingerprint density at radius 1 is 0.565 bits per heavy atom. The van der Waals surface area contributed by atoms with E-state index >= 15 is 0 Å². The Morgan fingerprint density at radius 2 is 0.957 bits per heavy atom. The molecule has 0 fully saturated rings. The Bertz CT molecular complexity index is 234. The van der Waals surface area contributed by atoms with Crippen molar-refractivity contribution in [3.8, 4) is 0 Å². The molecule has 0 N–H and O–H groups in total. The molecule has 0 bridgehead atoms. The Labute approximate surface area is 147 Å². The Morgan fingerprint density at radius 3 is 1.35 bits per heavy atom. The molecule has 0 aromatic heterocycles. The van der Waals surface area contributed by atoms with Crippen LogP contribution in [0.25, 0.3) is 0 Å². The molecule has 0 spiro atoms. The summed E-state index contributed by atoms with van der Waals surface area (Å²) in [5.74, 6) is 0. The van der Waals surface area contributed by atoms with Gasteiger partial charge in [-0.05, 0) is 25.8 Å². The van der Waals surface area contributed by atoms with Gasteiger partial charge in [0.2, 0.25) is 0 Å². The zero-order chi connectivity index (χ0) is 17.0. The summed E-state index contributed by atoms with van der Waals surface area (Å²) in [5.41, 5.74) is 0. The fraction of sp³-hybridized carbons (Fsp3) is 0.818. The van der Waals surface area contributed by atoms with Gasteiger partial charge in [-0.1, -0.05) is 89.7 Å². The summed E-state index contributed by atoms with van der Waals surface area (Å²) >= 11 is 0. The van der Waals surface area contributed by atoms with Gasteiger partial charge in [-0.25, -0.2) is 0 Å². The molecule has 136 valence electrons. The zero-order valence-corrected chi connectivity index (χ0v) is 16.0. The fourth-order valence-corrected chi connectivity index (χ4v) is 3.06. The van der Waals surface area contributed by atoms with Crippen molar-refractivity contribution in [1.82, 2.24) is 4.90 Å². The highest BCUT2D eigenvalue weighted by molar-refractivity contribution is 4.73. The van der Waals surface area contributed by atoms with Gasteiger partial charge in [-0.2, -0.15) is 0 Å². The van der Waals surface area contributed by atoms with E-state index in [0.29, 0.717) is 0 Å². The molecule has 0 aliphatic heterocycles. The highest BCUT2D eigenvalue weighted by Crippen LogP contribution is 2.12. The summed E-state index contributed by atoms with van der Waals surface area (Å²) in [6.07, 6.45) is 23.4. The van der Waals surface area contributed by atoms with Crippen LogP contribution in [0.2, 0.25) is 0 Å². The standard InChI is InChI=1S/C22H43N/c1-4-7-10-11-12-13-14-15-16-17-18-19-22-23(20-8-5-2)21-9-6-3/h5-6H,2-4,7-22H2,1H3. The molecule has 23 heavy (non-hydrogen) atoms. The molecule has 0 rings (SSSR count). The third-order valence-electron chi connectivity index (χ3n) is 4.63. The van der Waals surface area contributed by atoms with Crippen molar-refractivity contribution >= 4 is 0 Å². The molecule has 0 saturated carbocycles. The maximum atomic E-state index is 3.83. The minimum atomic E-state index is 1.11. The topological polar surface area (TPSA) is 3.24 Å². The molecule has 0 amide bonds. The molecule has 0 aromatic rings. The first kappa shape index (κ1) is 22.4. The lowest BCUT2D eigenvalue weighted by molar-refractivity contribution is 0.276. The van der Waals surface area contributed by atoms with Crippen molar-refractivity contribution in [2.24, 2.45) is 0 Å². The van der Waals surface area contributed by atoms with Crippen molar-refractivity contribution in [2.45, 2.75) is 96.8 Å². The maximum Gasteiger partial charge on any atom is 0.00159 e. The van der Waals surface area contributed by atoms with Gasteiger partial charge in [0.1, 0.15) is 0 Å². The summed E-state index contributed by atoms with van der Waals surface area (Å²) in [7, 11) is 0. The van der Waals surface area contributed by atoms with Crippen LogP contribution < -0.4 is 0 Å². The monoisotopic (exact) mass is 321 g/mol. The highest BCUT2D eigenvalue weighted by atomic mass is 15.1. The van der Waals surface area contributed by atoms with Gasteiger partial charge in [0.15, 0.2) is 0 Å². The molecule has 1 nitrogen and oxygen atoms in total. The molecule has 0 heterocycles. The lowest BCUT2D eigenvalue weighted by Gasteiger charge is -2.20. The molecular formula is C22H43N. The molecular weight excluding hydrogens is 278 g/mol. The van der Waals surface area contributed by atoms with Crippen molar-refractivity contribution in [3.05, 3.63) is 25.3 Å². The van der Waals surface area contributed by atoms with Gasteiger partial charge in [0.05, 0.1) is 0 Å². The second kappa shape index (κ2) is 19.5. The van der Waals surface area contributed by atoms with E-state index in [2.05, 4.69) is 25.0 Å². The first-order chi connectivity index (χ1) is 11.3. The van der Waals surface area contributed by atoms with Gasteiger partial charge in [0.25, 0.3) is 0 Å². The third kappa shape index (κ3) is 17.6. The van der Waals surface area contributed by atoms with Crippen LogP contribution in [-0.2, 0) is 0 Å². The van der Waals surface area contributed by atoms with Crippen molar-refractivity contribution < 1.29 is 0 Å². The van der Waals surface area contributed by atoms with E-state index in [-0.39, 0.29) is 0 Å². The van der Waals surface area contributed by atoms with Crippen molar-refractivity contribution in [3.63, 3.8) is 0 Å². The molecule has 0 aromatic carbocycles. The van der Waals surface area contributed by atoms with Crippen LogP contribution in [0.15, 0.2) is 25.3 Å². The van der Waals surface area contributed by atoms with Gasteiger partial charge in [-0.15, -0.1) is 13.2 Å². The molecule has 0 atom stereocenters. The largest absolute Gasteiger partial charge is 0.303 e. The second-order valence-corrected chi connectivity index (χ2v) is 6.89. The number of unbranched alkanes of at least 4 members (excludes halogenated alkanes) is 11. The van der Waals surface area contributed by atoms with Gasteiger partial charge in [-0.3, -0.25) is 0 Å². The smallest absolute Gasteiger partial charge is 0.00159 e. The van der Waals surface area contributed by atoms with Gasteiger partial charge < -0.3 is 4.90 Å². The van der Waals surface area contributed by atoms with Gasteiger partial charge >= 0.3 is 0 Å². The van der Waals surface area contributed by atoms with E-state index in [4.69, 9.17) is 0 Å². The van der Waals surface area contributed by atoms with Crippen LogP contribution in [0.3, 0.4) is 0 Å². The van der Waals surface area contributed by atoms with E-state index < -0.39 is 0 Å². The summed E-state index contributed by atoms with van der Waals surface area (Å²) in [4.78, 5) is 2.57. The summed E-state index contributed by atoms with van der Waals surface area (Å²) in [6.45, 7) is 13.5. The lowest BCUT2D eigenvalue weighted by Crippen LogP contribution is -2.26. The molecule has 0 aliphatic rings. The predicted octanol–water partition coefficient (Wildman–Crippen LogP) is 7.14. The van der Waals surface area contributed by atoms with Crippen LogP contribution in [0.4, 0.5) is 0 Å². The minimum Gasteiger partial charge on any atom is -0.303 e. The quantitative estimate of drug-likeness (QED) is 0.180. The zero-order valence-electron chi connectivity index (χ0n) is 16.0. The third-order valence-corrected chi connectivity index (χ3v) is 4.63. The predicted molar refractivity (Wildman–Crippen MR) is 107 cm³/mol. The molecule has 0 radical (unpaired) electrons. The van der Waals surface area contributed by atoms with Crippen LogP contribution in [0.1, 0.15) is 96.8 Å². The van der Waals surface area contributed by atoms with E-state index in [0.717, 1.165) is 25.9 Å².